The van der Waals surface area contributed by atoms with Crippen molar-refractivity contribution in [3.63, 3.8) is 0 Å². The van der Waals surface area contributed by atoms with E-state index in [1.54, 1.807) is 0 Å². The first-order chi connectivity index (χ1) is 13.1. The second-order valence-electron chi connectivity index (χ2n) is 6.61. The summed E-state index contributed by atoms with van der Waals surface area (Å²) in [5, 5.41) is 5.34. The van der Waals surface area contributed by atoms with E-state index in [-0.39, 0.29) is 18.7 Å². The molecule has 1 heterocycles. The van der Waals surface area contributed by atoms with Gasteiger partial charge in [0.1, 0.15) is 12.7 Å². The standard InChI is InChI=1S/C21H24N2O4/c1-15(11-12-16-7-3-2-4-8-16)23-21(25)20(24)22-13-17-14-26-18-9-5-6-10-19(18)27-17/h2-10,15,17H,11-14H2,1H3,(H,22,24)(H,23,25)/t15-,17+/m1/s1. The van der Waals surface area contributed by atoms with Gasteiger partial charge in [0.05, 0.1) is 6.54 Å². The summed E-state index contributed by atoms with van der Waals surface area (Å²) < 4.78 is 11.3. The van der Waals surface area contributed by atoms with Gasteiger partial charge in [-0.2, -0.15) is 0 Å². The summed E-state index contributed by atoms with van der Waals surface area (Å²) in [6.07, 6.45) is 1.28. The van der Waals surface area contributed by atoms with Gasteiger partial charge in [0.2, 0.25) is 0 Å². The molecule has 1 aliphatic heterocycles. The maximum atomic E-state index is 12.0. The van der Waals surface area contributed by atoms with Gasteiger partial charge in [-0.05, 0) is 37.5 Å². The van der Waals surface area contributed by atoms with Gasteiger partial charge < -0.3 is 20.1 Å². The Hall–Kier alpha value is -3.02. The molecular formula is C21H24N2O4. The summed E-state index contributed by atoms with van der Waals surface area (Å²) in [7, 11) is 0. The van der Waals surface area contributed by atoms with Crippen LogP contribution in [-0.4, -0.2) is 37.1 Å². The van der Waals surface area contributed by atoms with E-state index < -0.39 is 11.8 Å². The van der Waals surface area contributed by atoms with Crippen molar-refractivity contribution in [2.24, 2.45) is 0 Å². The fraction of sp³-hybridized carbons (Fsp3) is 0.333. The zero-order chi connectivity index (χ0) is 19.1. The number of carbonyl (C=O) groups is 2. The molecule has 0 saturated carbocycles. The van der Waals surface area contributed by atoms with E-state index in [9.17, 15) is 9.59 Å². The predicted octanol–water partition coefficient (Wildman–Crippen LogP) is 2.08. The van der Waals surface area contributed by atoms with Crippen molar-refractivity contribution < 1.29 is 19.1 Å². The van der Waals surface area contributed by atoms with Crippen LogP contribution in [0, 0.1) is 0 Å². The lowest BCUT2D eigenvalue weighted by Crippen LogP contribution is -2.47. The zero-order valence-electron chi connectivity index (χ0n) is 15.3. The molecule has 0 spiro atoms. The van der Waals surface area contributed by atoms with Gasteiger partial charge in [0.25, 0.3) is 0 Å². The Morgan fingerprint density at radius 3 is 2.52 bits per heavy atom. The molecule has 0 fully saturated rings. The van der Waals surface area contributed by atoms with Crippen molar-refractivity contribution in [2.75, 3.05) is 13.2 Å². The maximum absolute atomic E-state index is 12.0. The Kier molecular flexibility index (Phi) is 6.30. The second-order valence-corrected chi connectivity index (χ2v) is 6.61. The molecule has 0 aromatic heterocycles. The van der Waals surface area contributed by atoms with Crippen LogP contribution in [0.3, 0.4) is 0 Å². The van der Waals surface area contributed by atoms with Crippen molar-refractivity contribution in [3.8, 4) is 11.5 Å². The first-order valence-electron chi connectivity index (χ1n) is 9.13. The van der Waals surface area contributed by atoms with Crippen LogP contribution in [0.4, 0.5) is 0 Å². The van der Waals surface area contributed by atoms with Crippen LogP contribution in [0.1, 0.15) is 18.9 Å². The number of aryl methyl sites for hydroxylation is 1. The quantitative estimate of drug-likeness (QED) is 0.766. The van der Waals surface area contributed by atoms with E-state index in [1.165, 1.54) is 5.56 Å². The summed E-state index contributed by atoms with van der Waals surface area (Å²) in [6.45, 7) is 2.43. The summed E-state index contributed by atoms with van der Waals surface area (Å²) in [5.41, 5.74) is 1.21. The Labute approximate surface area is 158 Å². The third-order valence-corrected chi connectivity index (χ3v) is 4.35. The van der Waals surface area contributed by atoms with E-state index in [2.05, 4.69) is 10.6 Å². The smallest absolute Gasteiger partial charge is 0.309 e. The largest absolute Gasteiger partial charge is 0.486 e. The Bertz CT molecular complexity index is 779. The Morgan fingerprint density at radius 1 is 1.04 bits per heavy atom. The monoisotopic (exact) mass is 368 g/mol. The van der Waals surface area contributed by atoms with Crippen molar-refractivity contribution in [2.45, 2.75) is 31.9 Å². The van der Waals surface area contributed by atoms with Crippen molar-refractivity contribution in [1.82, 2.24) is 10.6 Å². The third-order valence-electron chi connectivity index (χ3n) is 4.35. The van der Waals surface area contributed by atoms with Crippen molar-refractivity contribution in [3.05, 3.63) is 60.2 Å². The average Bonchev–Trinajstić information content (AvgIpc) is 2.71. The van der Waals surface area contributed by atoms with E-state index in [0.29, 0.717) is 18.1 Å². The van der Waals surface area contributed by atoms with Gasteiger partial charge in [-0.15, -0.1) is 0 Å². The predicted molar refractivity (Wildman–Crippen MR) is 102 cm³/mol. The molecule has 1 aliphatic rings. The fourth-order valence-electron chi connectivity index (χ4n) is 2.84. The number of benzene rings is 2. The first kappa shape index (κ1) is 18.8. The minimum absolute atomic E-state index is 0.0930. The molecule has 0 aliphatic carbocycles. The fourth-order valence-corrected chi connectivity index (χ4v) is 2.84. The molecule has 2 N–H and O–H groups in total. The minimum atomic E-state index is -0.663. The molecule has 0 unspecified atom stereocenters. The molecule has 0 saturated heterocycles. The molecular weight excluding hydrogens is 344 g/mol. The lowest BCUT2D eigenvalue weighted by molar-refractivity contribution is -0.139. The highest BCUT2D eigenvalue weighted by atomic mass is 16.6. The highest BCUT2D eigenvalue weighted by molar-refractivity contribution is 6.35. The lowest BCUT2D eigenvalue weighted by Gasteiger charge is -2.26. The number of ether oxygens (including phenoxy) is 2. The molecule has 6 heteroatoms. The highest BCUT2D eigenvalue weighted by Crippen LogP contribution is 2.30. The maximum Gasteiger partial charge on any atom is 0.309 e. The van der Waals surface area contributed by atoms with Gasteiger partial charge in [-0.1, -0.05) is 42.5 Å². The van der Waals surface area contributed by atoms with Crippen molar-refractivity contribution >= 4 is 11.8 Å². The number of hydrogen-bond acceptors (Lipinski definition) is 4. The Morgan fingerprint density at radius 2 is 1.74 bits per heavy atom. The molecule has 0 radical (unpaired) electrons. The van der Waals surface area contributed by atoms with Crippen LogP contribution in [0.2, 0.25) is 0 Å². The summed E-state index contributed by atoms with van der Waals surface area (Å²) in [6, 6.07) is 17.3. The molecule has 2 atom stereocenters. The molecule has 6 nitrogen and oxygen atoms in total. The molecule has 2 amide bonds. The topological polar surface area (TPSA) is 76.7 Å². The zero-order valence-corrected chi connectivity index (χ0v) is 15.3. The SMILES string of the molecule is C[C@H](CCc1ccccc1)NC(=O)C(=O)NC[C@H]1COc2ccccc2O1. The van der Waals surface area contributed by atoms with E-state index in [4.69, 9.17) is 9.47 Å². The highest BCUT2D eigenvalue weighted by Gasteiger charge is 2.23. The van der Waals surface area contributed by atoms with Gasteiger partial charge in [-0.3, -0.25) is 9.59 Å². The average molecular weight is 368 g/mol. The second kappa shape index (κ2) is 9.07. The normalized spacial score (nSPS) is 16.3. The Balaban J connectivity index is 1.38. The molecule has 142 valence electrons. The molecule has 2 aromatic rings. The van der Waals surface area contributed by atoms with E-state index >= 15 is 0 Å². The summed E-state index contributed by atoms with van der Waals surface area (Å²) >= 11 is 0. The van der Waals surface area contributed by atoms with Gasteiger partial charge >= 0.3 is 11.8 Å². The first-order valence-corrected chi connectivity index (χ1v) is 9.13. The van der Waals surface area contributed by atoms with Gasteiger partial charge in [0.15, 0.2) is 11.5 Å². The van der Waals surface area contributed by atoms with Crippen LogP contribution >= 0.6 is 0 Å². The number of nitrogens with one attached hydrogen (secondary N) is 2. The van der Waals surface area contributed by atoms with Crippen LogP contribution in [0.25, 0.3) is 0 Å². The molecule has 0 bridgehead atoms. The third kappa shape index (κ3) is 5.48. The van der Waals surface area contributed by atoms with E-state index in [0.717, 1.165) is 12.8 Å². The van der Waals surface area contributed by atoms with Gasteiger partial charge in [-0.25, -0.2) is 0 Å². The number of para-hydroxylation sites is 2. The summed E-state index contributed by atoms with van der Waals surface area (Å²) in [5.74, 6) is 0.0313. The molecule has 27 heavy (non-hydrogen) atoms. The van der Waals surface area contributed by atoms with E-state index in [1.807, 2.05) is 61.5 Å². The number of amides is 2. The number of carbonyl (C=O) groups excluding carboxylic acids is 2. The minimum Gasteiger partial charge on any atom is -0.486 e. The molecule has 2 aromatic carbocycles. The van der Waals surface area contributed by atoms with Crippen molar-refractivity contribution in [1.29, 1.82) is 0 Å². The van der Waals surface area contributed by atoms with Crippen LogP contribution in [-0.2, 0) is 16.0 Å². The summed E-state index contributed by atoms with van der Waals surface area (Å²) in [4.78, 5) is 24.1. The van der Waals surface area contributed by atoms with Crippen LogP contribution < -0.4 is 20.1 Å². The number of fused-ring (bicyclic) bond motifs is 1. The van der Waals surface area contributed by atoms with Gasteiger partial charge in [0, 0.05) is 6.04 Å². The van der Waals surface area contributed by atoms with Crippen LogP contribution in [0.5, 0.6) is 11.5 Å². The lowest BCUT2D eigenvalue weighted by atomic mass is 10.1. The molecule has 3 rings (SSSR count). The number of hydrogen-bond donors (Lipinski definition) is 2. The number of rotatable bonds is 6. The van der Waals surface area contributed by atoms with Crippen LogP contribution in [0.15, 0.2) is 54.6 Å².